The summed E-state index contributed by atoms with van der Waals surface area (Å²) in [5.74, 6) is 0. The van der Waals surface area contributed by atoms with Gasteiger partial charge in [-0.05, 0) is 45.1 Å². The molecule has 0 aromatic rings. The summed E-state index contributed by atoms with van der Waals surface area (Å²) in [5.41, 5.74) is 0.528. The largest absolute Gasteiger partial charge is 0.376 e. The van der Waals surface area contributed by atoms with Crippen molar-refractivity contribution in [2.45, 2.75) is 65.0 Å². The molecule has 1 saturated heterocycles. The van der Waals surface area contributed by atoms with Crippen molar-refractivity contribution in [2.75, 3.05) is 32.8 Å². The Labute approximate surface area is 119 Å². The number of morpholine rings is 1. The number of nitrogens with one attached hydrogen (secondary N) is 1. The normalized spacial score (nSPS) is 31.7. The molecule has 1 heterocycles. The zero-order valence-electron chi connectivity index (χ0n) is 13.1. The molecular weight excluding hydrogens is 236 g/mol. The second kappa shape index (κ2) is 7.05. The van der Waals surface area contributed by atoms with Crippen molar-refractivity contribution >= 4 is 0 Å². The Kier molecular flexibility index (Phi) is 5.67. The summed E-state index contributed by atoms with van der Waals surface area (Å²) in [7, 11) is 0. The second-order valence-electron chi connectivity index (χ2n) is 6.81. The third kappa shape index (κ3) is 4.17. The molecule has 2 rings (SSSR count). The highest BCUT2D eigenvalue weighted by atomic mass is 16.5. The lowest BCUT2D eigenvalue weighted by molar-refractivity contribution is -0.0626. The lowest BCUT2D eigenvalue weighted by atomic mass is 9.84. The van der Waals surface area contributed by atoms with Gasteiger partial charge in [0.05, 0.1) is 12.7 Å². The van der Waals surface area contributed by atoms with Gasteiger partial charge in [0.2, 0.25) is 0 Å². The molecule has 1 N–H and O–H groups in total. The topological polar surface area (TPSA) is 24.5 Å². The molecule has 0 radical (unpaired) electrons. The van der Waals surface area contributed by atoms with E-state index in [4.69, 9.17) is 4.74 Å². The van der Waals surface area contributed by atoms with Gasteiger partial charge in [0.25, 0.3) is 0 Å². The number of hydrogen-bond donors (Lipinski definition) is 1. The molecule has 2 atom stereocenters. The number of rotatable bonds is 6. The van der Waals surface area contributed by atoms with E-state index >= 15 is 0 Å². The summed E-state index contributed by atoms with van der Waals surface area (Å²) in [6.45, 7) is 12.4. The van der Waals surface area contributed by atoms with E-state index < -0.39 is 0 Å². The fourth-order valence-corrected chi connectivity index (χ4v) is 3.67. The Bertz CT molecular complexity index is 263. The Balaban J connectivity index is 1.91. The SMILES string of the molecule is CCCNCC1(CN2CC(C)OCC2C)CCCC1. The Morgan fingerprint density at radius 1 is 1.26 bits per heavy atom. The van der Waals surface area contributed by atoms with E-state index in [9.17, 15) is 0 Å². The molecular formula is C16H32N2O. The molecule has 0 bridgehead atoms. The van der Waals surface area contributed by atoms with Gasteiger partial charge in [-0.15, -0.1) is 0 Å². The van der Waals surface area contributed by atoms with Gasteiger partial charge in [0.15, 0.2) is 0 Å². The highest BCUT2D eigenvalue weighted by molar-refractivity contribution is 4.91. The molecule has 0 aromatic heterocycles. The molecule has 0 amide bonds. The first-order valence-electron chi connectivity index (χ1n) is 8.21. The molecule has 2 fully saturated rings. The van der Waals surface area contributed by atoms with Crippen molar-refractivity contribution in [3.63, 3.8) is 0 Å². The van der Waals surface area contributed by atoms with E-state index in [-0.39, 0.29) is 0 Å². The maximum Gasteiger partial charge on any atom is 0.0674 e. The van der Waals surface area contributed by atoms with Crippen LogP contribution < -0.4 is 5.32 Å². The summed E-state index contributed by atoms with van der Waals surface area (Å²) in [4.78, 5) is 2.67. The van der Waals surface area contributed by atoms with Gasteiger partial charge in [0, 0.05) is 25.7 Å². The molecule has 1 aliphatic heterocycles. The molecule has 3 nitrogen and oxygen atoms in total. The van der Waals surface area contributed by atoms with Gasteiger partial charge in [-0.1, -0.05) is 19.8 Å². The monoisotopic (exact) mass is 268 g/mol. The first kappa shape index (κ1) is 15.3. The van der Waals surface area contributed by atoms with Crippen molar-refractivity contribution in [1.82, 2.24) is 10.2 Å². The van der Waals surface area contributed by atoms with Crippen LogP contribution in [0.2, 0.25) is 0 Å². The van der Waals surface area contributed by atoms with Gasteiger partial charge in [-0.3, -0.25) is 4.90 Å². The third-order valence-electron chi connectivity index (χ3n) is 4.87. The highest BCUT2D eigenvalue weighted by Gasteiger charge is 2.37. The van der Waals surface area contributed by atoms with Gasteiger partial charge in [0.1, 0.15) is 0 Å². The number of ether oxygens (including phenoxy) is 1. The maximum atomic E-state index is 5.76. The van der Waals surface area contributed by atoms with E-state index in [1.807, 2.05) is 0 Å². The fraction of sp³-hybridized carbons (Fsp3) is 1.00. The summed E-state index contributed by atoms with van der Waals surface area (Å²) in [5, 5.41) is 3.68. The first-order chi connectivity index (χ1) is 9.15. The number of hydrogen-bond acceptors (Lipinski definition) is 3. The minimum atomic E-state index is 0.401. The summed E-state index contributed by atoms with van der Waals surface area (Å²) in [6.07, 6.45) is 7.29. The molecule has 0 aromatic carbocycles. The summed E-state index contributed by atoms with van der Waals surface area (Å²) < 4.78 is 5.76. The molecule has 2 aliphatic rings. The molecule has 19 heavy (non-hydrogen) atoms. The van der Waals surface area contributed by atoms with Crippen molar-refractivity contribution in [3.05, 3.63) is 0 Å². The minimum absolute atomic E-state index is 0.401. The van der Waals surface area contributed by atoms with Crippen LogP contribution in [0.1, 0.15) is 52.9 Å². The molecule has 1 saturated carbocycles. The van der Waals surface area contributed by atoms with Gasteiger partial charge >= 0.3 is 0 Å². The Morgan fingerprint density at radius 2 is 2.00 bits per heavy atom. The van der Waals surface area contributed by atoms with Crippen LogP contribution in [-0.2, 0) is 4.74 Å². The zero-order valence-corrected chi connectivity index (χ0v) is 13.1. The Morgan fingerprint density at radius 3 is 2.68 bits per heavy atom. The predicted octanol–water partition coefficient (Wildman–Crippen LogP) is 2.66. The minimum Gasteiger partial charge on any atom is -0.376 e. The van der Waals surface area contributed by atoms with E-state index in [1.54, 1.807) is 0 Å². The lowest BCUT2D eigenvalue weighted by Crippen LogP contribution is -2.52. The van der Waals surface area contributed by atoms with Gasteiger partial charge < -0.3 is 10.1 Å². The average molecular weight is 268 g/mol. The van der Waals surface area contributed by atoms with Gasteiger partial charge in [-0.2, -0.15) is 0 Å². The maximum absolute atomic E-state index is 5.76. The Hall–Kier alpha value is -0.120. The van der Waals surface area contributed by atoms with Crippen LogP contribution in [0.15, 0.2) is 0 Å². The van der Waals surface area contributed by atoms with E-state index in [2.05, 4.69) is 31.0 Å². The third-order valence-corrected chi connectivity index (χ3v) is 4.87. The molecule has 0 spiro atoms. The van der Waals surface area contributed by atoms with Crippen LogP contribution in [0.3, 0.4) is 0 Å². The summed E-state index contributed by atoms with van der Waals surface area (Å²) >= 11 is 0. The highest BCUT2D eigenvalue weighted by Crippen LogP contribution is 2.39. The van der Waals surface area contributed by atoms with Crippen molar-refractivity contribution in [2.24, 2.45) is 5.41 Å². The molecule has 3 heteroatoms. The quantitative estimate of drug-likeness (QED) is 0.750. The van der Waals surface area contributed by atoms with Crippen molar-refractivity contribution in [1.29, 1.82) is 0 Å². The van der Waals surface area contributed by atoms with Gasteiger partial charge in [-0.25, -0.2) is 0 Å². The number of nitrogens with zero attached hydrogens (tertiary/aromatic N) is 1. The van der Waals surface area contributed by atoms with Crippen molar-refractivity contribution < 1.29 is 4.74 Å². The van der Waals surface area contributed by atoms with Crippen LogP contribution >= 0.6 is 0 Å². The van der Waals surface area contributed by atoms with E-state index in [1.165, 1.54) is 45.2 Å². The van der Waals surface area contributed by atoms with Crippen molar-refractivity contribution in [3.8, 4) is 0 Å². The smallest absolute Gasteiger partial charge is 0.0674 e. The molecule has 2 unspecified atom stereocenters. The predicted molar refractivity (Wildman–Crippen MR) is 80.5 cm³/mol. The lowest BCUT2D eigenvalue weighted by Gasteiger charge is -2.42. The second-order valence-corrected chi connectivity index (χ2v) is 6.81. The van der Waals surface area contributed by atoms with E-state index in [0.717, 1.165) is 19.7 Å². The van der Waals surface area contributed by atoms with Crippen LogP contribution in [0, 0.1) is 5.41 Å². The van der Waals surface area contributed by atoms with Crippen LogP contribution in [0.25, 0.3) is 0 Å². The summed E-state index contributed by atoms with van der Waals surface area (Å²) in [6, 6.07) is 0.583. The van der Waals surface area contributed by atoms with E-state index in [0.29, 0.717) is 17.6 Å². The fourth-order valence-electron chi connectivity index (χ4n) is 3.67. The standard InChI is InChI=1S/C16H32N2O/c1-4-9-17-12-16(7-5-6-8-16)13-18-10-15(3)19-11-14(18)2/h14-15,17H,4-13H2,1-3H3. The van der Waals surface area contributed by atoms with Crippen LogP contribution in [-0.4, -0.2) is 49.8 Å². The zero-order chi connectivity index (χ0) is 13.7. The van der Waals surface area contributed by atoms with Crippen LogP contribution in [0.4, 0.5) is 0 Å². The molecule has 1 aliphatic carbocycles. The van der Waals surface area contributed by atoms with Crippen LogP contribution in [0.5, 0.6) is 0 Å². The average Bonchev–Trinajstić information content (AvgIpc) is 2.83. The first-order valence-corrected chi connectivity index (χ1v) is 8.21. The molecule has 112 valence electrons.